The molecule has 0 saturated heterocycles. The Morgan fingerprint density at radius 3 is 0.837 bits per heavy atom. The van der Waals surface area contributed by atoms with Crippen molar-refractivity contribution in [3.63, 3.8) is 0 Å². The van der Waals surface area contributed by atoms with Crippen LogP contribution in [0.4, 0.5) is 0 Å². The summed E-state index contributed by atoms with van der Waals surface area (Å²) in [5, 5.41) is 0. The Morgan fingerprint density at radius 2 is 0.721 bits per heavy atom. The molecule has 43 heavy (non-hydrogen) atoms. The Balaban J connectivity index is -0.000000155. The predicted molar refractivity (Wildman–Crippen MR) is 190 cm³/mol. The van der Waals surface area contributed by atoms with E-state index in [-0.39, 0.29) is 35.6 Å². The fourth-order valence-corrected chi connectivity index (χ4v) is 2.13. The average molecular weight is 749 g/mol. The molecule has 13 heteroatoms. The SMILES string of the molecule is CN=C(C)c1cccc(C(C)=NC)n1.CN=C(C)c1cccc(C(C)=NC)n1.[CH2-][Si](C)(C)C.[CH2-][Si](C)(C)C.[Cl][Co][Cl].[Co].[Li+]. The normalized spacial score (nSPS) is 11.9. The summed E-state index contributed by atoms with van der Waals surface area (Å²) >= 11 is 0.382. The van der Waals surface area contributed by atoms with Crippen LogP contribution < -0.4 is 18.9 Å². The quantitative estimate of drug-likeness (QED) is 0.229. The zero-order valence-electron chi connectivity index (χ0n) is 29.0. The van der Waals surface area contributed by atoms with Crippen molar-refractivity contribution in [2.45, 2.75) is 67.0 Å². The van der Waals surface area contributed by atoms with Gasteiger partial charge in [-0.2, -0.15) is 0 Å². The third-order valence-electron chi connectivity index (χ3n) is 4.32. The standard InChI is InChI=1S/2C11H15N3.2C4H11Si.2ClH.2Co.Li/c2*1-8(12-3)10-6-5-7-11(14-10)9(2)13-4;2*1-5(2,3)4;;;;;/h2*5-7H,1-4H3;2*1H2,2-4H3;2*1H;;;/q;;2*-1;;;;+2;+1/p-2. The van der Waals surface area contributed by atoms with E-state index in [1.807, 2.05) is 64.1 Å². The minimum atomic E-state index is -0.861. The van der Waals surface area contributed by atoms with E-state index in [9.17, 15) is 0 Å². The van der Waals surface area contributed by atoms with Crippen LogP contribution >= 0.6 is 20.3 Å². The van der Waals surface area contributed by atoms with Crippen LogP contribution in [0.3, 0.4) is 0 Å². The fourth-order valence-electron chi connectivity index (χ4n) is 2.13. The molecular weight excluding hydrogens is 696 g/mol. The summed E-state index contributed by atoms with van der Waals surface area (Å²) in [5.41, 5.74) is 7.40. The van der Waals surface area contributed by atoms with E-state index in [1.165, 1.54) is 0 Å². The Morgan fingerprint density at radius 1 is 0.581 bits per heavy atom. The van der Waals surface area contributed by atoms with Gasteiger partial charge in [-0.3, -0.25) is 20.0 Å². The van der Waals surface area contributed by atoms with Crippen LogP contribution in [0.15, 0.2) is 56.4 Å². The maximum atomic E-state index is 4.73. The smallest absolute Gasteiger partial charge is 0 e. The van der Waals surface area contributed by atoms with Crippen molar-refractivity contribution >= 4 is 59.3 Å². The summed E-state index contributed by atoms with van der Waals surface area (Å²) in [6.07, 6.45) is 0. The van der Waals surface area contributed by atoms with Crippen molar-refractivity contribution in [2.75, 3.05) is 28.2 Å². The minimum Gasteiger partial charge on any atom is 0 e. The molecule has 6 nitrogen and oxygen atoms in total. The van der Waals surface area contributed by atoms with Crippen molar-refractivity contribution in [3.8, 4) is 0 Å². The van der Waals surface area contributed by atoms with Gasteiger partial charge in [0.2, 0.25) is 0 Å². The van der Waals surface area contributed by atoms with Crippen molar-refractivity contribution in [3.05, 3.63) is 72.3 Å². The third-order valence-corrected chi connectivity index (χ3v) is 4.32. The van der Waals surface area contributed by atoms with Crippen LogP contribution in [0.25, 0.3) is 0 Å². The van der Waals surface area contributed by atoms with Gasteiger partial charge in [0, 0.05) is 45.0 Å². The van der Waals surface area contributed by atoms with E-state index in [2.05, 4.69) is 82.3 Å². The van der Waals surface area contributed by atoms with Gasteiger partial charge in [-0.1, -0.05) is 51.4 Å². The summed E-state index contributed by atoms with van der Waals surface area (Å²) < 4.78 is 0. The molecule has 0 fully saturated rings. The second-order valence-corrected chi connectivity index (χ2v) is 23.2. The average Bonchev–Trinajstić information content (AvgIpc) is 2.90. The molecule has 2 aromatic heterocycles. The zero-order valence-corrected chi connectivity index (χ0v) is 34.6. The summed E-state index contributed by atoms with van der Waals surface area (Å²) in [6, 6.07) is 11.8. The number of aromatic nitrogens is 2. The second kappa shape index (κ2) is 29.0. The number of pyridine rings is 2. The molecule has 0 aliphatic carbocycles. The van der Waals surface area contributed by atoms with Crippen LogP contribution in [-0.2, 0) is 29.7 Å². The minimum absolute atomic E-state index is 0. The maximum absolute atomic E-state index is 4.73. The molecule has 0 atom stereocenters. The number of nitrogens with zero attached hydrogens (tertiary/aromatic N) is 6. The second-order valence-electron chi connectivity index (χ2n) is 11.2. The fraction of sp³-hybridized carbons (Fsp3) is 0.467. The molecule has 1 radical (unpaired) electrons. The molecule has 0 N–H and O–H groups in total. The van der Waals surface area contributed by atoms with E-state index >= 15 is 0 Å². The molecule has 2 heterocycles. The molecular formula is C30H52Cl2Co2LiN6Si2-. The first kappa shape index (κ1) is 52.1. The Labute approximate surface area is 302 Å². The van der Waals surface area contributed by atoms with Gasteiger partial charge in [-0.25, -0.2) is 9.97 Å². The van der Waals surface area contributed by atoms with Gasteiger partial charge in [-0.05, 0) is 52.0 Å². The molecule has 0 saturated carbocycles. The largest absolute Gasteiger partial charge is 1.00 e. The molecule has 0 bridgehead atoms. The summed E-state index contributed by atoms with van der Waals surface area (Å²) in [7, 11) is 14.8. The van der Waals surface area contributed by atoms with Gasteiger partial charge < -0.3 is 13.1 Å². The number of halogens is 2. The number of aliphatic imine (C=N–C) groups is 4. The Kier molecular flexibility index (Phi) is 35.2. The van der Waals surface area contributed by atoms with Crippen molar-refractivity contribution in [1.29, 1.82) is 0 Å². The molecule has 2 rings (SSSR count). The zero-order chi connectivity index (χ0) is 32.8. The molecule has 0 unspecified atom stereocenters. The van der Waals surface area contributed by atoms with Gasteiger partial charge in [0.25, 0.3) is 0 Å². The van der Waals surface area contributed by atoms with Crippen molar-refractivity contribution in [2.24, 2.45) is 20.0 Å². The molecule has 0 aromatic carbocycles. The molecule has 0 aliphatic rings. The molecule has 2 aromatic rings. The van der Waals surface area contributed by atoms with E-state index < -0.39 is 16.1 Å². The Bertz CT molecular complexity index is 968. The number of hydrogen-bond acceptors (Lipinski definition) is 6. The van der Waals surface area contributed by atoms with Gasteiger partial charge in [-0.15, -0.1) is 16.1 Å². The van der Waals surface area contributed by atoms with Crippen molar-refractivity contribution < 1.29 is 48.5 Å². The first-order chi connectivity index (χ1) is 18.8. The molecule has 0 aliphatic heterocycles. The van der Waals surface area contributed by atoms with Crippen LogP contribution in [-0.4, -0.2) is 77.2 Å². The molecule has 0 spiro atoms. The molecule has 0 amide bonds. The van der Waals surface area contributed by atoms with Crippen molar-refractivity contribution in [1.82, 2.24) is 9.97 Å². The molecule has 244 valence electrons. The van der Waals surface area contributed by atoms with Gasteiger partial charge in [0.05, 0.1) is 45.6 Å². The third kappa shape index (κ3) is 34.3. The van der Waals surface area contributed by atoms with E-state index in [0.717, 1.165) is 45.6 Å². The summed E-state index contributed by atoms with van der Waals surface area (Å²) in [5.74, 6) is 0. The van der Waals surface area contributed by atoms with E-state index in [0.29, 0.717) is 12.9 Å². The maximum Gasteiger partial charge on any atom is 1.00 e. The van der Waals surface area contributed by atoms with Gasteiger partial charge in [0.15, 0.2) is 0 Å². The summed E-state index contributed by atoms with van der Waals surface area (Å²) in [4.78, 5) is 25.3. The van der Waals surface area contributed by atoms with Gasteiger partial charge >= 0.3 is 52.0 Å². The van der Waals surface area contributed by atoms with Gasteiger partial charge in [0.1, 0.15) is 0 Å². The van der Waals surface area contributed by atoms with Crippen LogP contribution in [0.2, 0.25) is 39.3 Å². The predicted octanol–water partition coefficient (Wildman–Crippen LogP) is 5.69. The monoisotopic (exact) mass is 747 g/mol. The van der Waals surface area contributed by atoms with Crippen LogP contribution in [0.5, 0.6) is 0 Å². The number of rotatable bonds is 4. The van der Waals surface area contributed by atoms with Crippen LogP contribution in [0, 0.1) is 13.1 Å². The van der Waals surface area contributed by atoms with E-state index in [1.54, 1.807) is 28.2 Å². The first-order valence-electron chi connectivity index (χ1n) is 13.0. The Hall–Kier alpha value is -0.396. The topological polar surface area (TPSA) is 75.2 Å². The number of hydrogen-bond donors (Lipinski definition) is 0. The van der Waals surface area contributed by atoms with E-state index in [4.69, 9.17) is 20.3 Å². The summed E-state index contributed by atoms with van der Waals surface area (Å²) in [6.45, 7) is 28.9. The first-order valence-corrected chi connectivity index (χ1v) is 23.3. The van der Waals surface area contributed by atoms with Crippen LogP contribution in [0.1, 0.15) is 50.5 Å².